The van der Waals surface area contributed by atoms with Gasteiger partial charge in [-0.2, -0.15) is 0 Å². The molecule has 0 aliphatic rings. The van der Waals surface area contributed by atoms with Crippen LogP contribution < -0.4 is 11.1 Å². The average molecular weight is 292 g/mol. The smallest absolute Gasteiger partial charge is 0.328 e. The summed E-state index contributed by atoms with van der Waals surface area (Å²) in [6, 6.07) is 6.84. The Morgan fingerprint density at radius 3 is 2.24 bits per heavy atom. The van der Waals surface area contributed by atoms with Crippen LogP contribution in [0.5, 0.6) is 0 Å². The maximum absolute atomic E-state index is 12.1. The topological polar surface area (TPSA) is 81.4 Å². The van der Waals surface area contributed by atoms with Crippen molar-refractivity contribution >= 4 is 17.6 Å². The Kier molecular flexibility index (Phi) is 6.21. The molecule has 0 bridgehead atoms. The lowest BCUT2D eigenvalue weighted by molar-refractivity contribution is -0.146. The van der Waals surface area contributed by atoms with E-state index < -0.39 is 12.0 Å². The zero-order valence-electron chi connectivity index (χ0n) is 13.1. The predicted molar refractivity (Wildman–Crippen MR) is 82.7 cm³/mol. The van der Waals surface area contributed by atoms with Crippen molar-refractivity contribution in [3.8, 4) is 0 Å². The van der Waals surface area contributed by atoms with E-state index in [1.165, 1.54) is 7.11 Å². The number of amides is 1. The van der Waals surface area contributed by atoms with Gasteiger partial charge in [0.15, 0.2) is 0 Å². The number of anilines is 1. The molecular formula is C16H24N2O3. The number of esters is 1. The van der Waals surface area contributed by atoms with Crippen LogP contribution in [0.2, 0.25) is 0 Å². The van der Waals surface area contributed by atoms with E-state index in [4.69, 9.17) is 10.5 Å². The van der Waals surface area contributed by atoms with Crippen LogP contribution >= 0.6 is 0 Å². The SMILES string of the molecule is COC(=O)C(NC(=O)CC(C)c1ccc(N)cc1)C(C)C. The zero-order valence-corrected chi connectivity index (χ0v) is 13.1. The summed E-state index contributed by atoms with van der Waals surface area (Å²) in [5.41, 5.74) is 7.38. The number of carbonyl (C=O) groups excluding carboxylic acids is 2. The number of ether oxygens (including phenoxy) is 1. The first-order valence-electron chi connectivity index (χ1n) is 7.07. The van der Waals surface area contributed by atoms with Gasteiger partial charge in [-0.05, 0) is 29.5 Å². The molecule has 0 aromatic heterocycles. The number of nitrogens with one attached hydrogen (secondary N) is 1. The fourth-order valence-corrected chi connectivity index (χ4v) is 2.08. The number of rotatable bonds is 6. The molecule has 1 amide bonds. The maximum atomic E-state index is 12.1. The molecule has 0 fully saturated rings. The summed E-state index contributed by atoms with van der Waals surface area (Å²) in [7, 11) is 1.32. The quantitative estimate of drug-likeness (QED) is 0.621. The van der Waals surface area contributed by atoms with Gasteiger partial charge in [0.1, 0.15) is 6.04 Å². The molecule has 0 saturated heterocycles. The molecule has 1 rings (SSSR count). The molecule has 1 aromatic rings. The monoisotopic (exact) mass is 292 g/mol. The third kappa shape index (κ3) is 5.10. The normalized spacial score (nSPS) is 13.6. The van der Waals surface area contributed by atoms with E-state index in [1.54, 1.807) is 0 Å². The lowest BCUT2D eigenvalue weighted by Gasteiger charge is -2.21. The molecule has 2 atom stereocenters. The Morgan fingerprint density at radius 2 is 1.76 bits per heavy atom. The first-order valence-corrected chi connectivity index (χ1v) is 7.07. The van der Waals surface area contributed by atoms with Crippen LogP contribution in [0.4, 0.5) is 5.69 Å². The van der Waals surface area contributed by atoms with Crippen LogP contribution in [0.25, 0.3) is 0 Å². The summed E-state index contributed by atoms with van der Waals surface area (Å²) in [5, 5.41) is 2.74. The minimum Gasteiger partial charge on any atom is -0.467 e. The highest BCUT2D eigenvalue weighted by atomic mass is 16.5. The number of hydrogen-bond donors (Lipinski definition) is 2. The third-order valence-electron chi connectivity index (χ3n) is 3.44. The van der Waals surface area contributed by atoms with Crippen LogP contribution in [-0.4, -0.2) is 25.0 Å². The van der Waals surface area contributed by atoms with E-state index in [-0.39, 0.29) is 17.7 Å². The van der Waals surface area contributed by atoms with Crippen LogP contribution in [0.3, 0.4) is 0 Å². The molecule has 0 spiro atoms. The molecule has 3 N–H and O–H groups in total. The number of benzene rings is 1. The van der Waals surface area contributed by atoms with Crippen LogP contribution in [-0.2, 0) is 14.3 Å². The summed E-state index contributed by atoms with van der Waals surface area (Å²) in [6.45, 7) is 5.70. The molecule has 0 heterocycles. The van der Waals surface area contributed by atoms with Crippen molar-refractivity contribution in [1.82, 2.24) is 5.32 Å². The van der Waals surface area contributed by atoms with Gasteiger partial charge in [-0.25, -0.2) is 4.79 Å². The van der Waals surface area contributed by atoms with Gasteiger partial charge in [0.2, 0.25) is 5.91 Å². The molecule has 0 aliphatic heterocycles. The first-order chi connectivity index (χ1) is 9.85. The van der Waals surface area contributed by atoms with Crippen molar-refractivity contribution in [2.24, 2.45) is 5.92 Å². The first kappa shape index (κ1) is 17.0. The third-order valence-corrected chi connectivity index (χ3v) is 3.44. The molecule has 0 radical (unpaired) electrons. The second kappa shape index (κ2) is 7.67. The second-order valence-corrected chi connectivity index (χ2v) is 5.58. The van der Waals surface area contributed by atoms with Crippen LogP contribution in [0.15, 0.2) is 24.3 Å². The minimum atomic E-state index is -0.610. The van der Waals surface area contributed by atoms with Gasteiger partial charge in [-0.3, -0.25) is 4.79 Å². The van der Waals surface area contributed by atoms with E-state index in [1.807, 2.05) is 45.0 Å². The van der Waals surface area contributed by atoms with Gasteiger partial charge in [-0.15, -0.1) is 0 Å². The van der Waals surface area contributed by atoms with E-state index in [9.17, 15) is 9.59 Å². The Hall–Kier alpha value is -2.04. The molecule has 21 heavy (non-hydrogen) atoms. The Morgan fingerprint density at radius 1 is 1.19 bits per heavy atom. The van der Waals surface area contributed by atoms with Gasteiger partial charge in [0.05, 0.1) is 7.11 Å². The Bertz CT molecular complexity index is 483. The van der Waals surface area contributed by atoms with Crippen molar-refractivity contribution < 1.29 is 14.3 Å². The van der Waals surface area contributed by atoms with Crippen LogP contribution in [0.1, 0.15) is 38.7 Å². The summed E-state index contributed by atoms with van der Waals surface area (Å²) in [5.74, 6) is -0.550. The summed E-state index contributed by atoms with van der Waals surface area (Å²) < 4.78 is 4.71. The number of methoxy groups -OCH3 is 1. The van der Waals surface area contributed by atoms with E-state index in [2.05, 4.69) is 5.32 Å². The maximum Gasteiger partial charge on any atom is 0.328 e. The highest BCUT2D eigenvalue weighted by Gasteiger charge is 2.25. The van der Waals surface area contributed by atoms with Gasteiger partial charge in [-0.1, -0.05) is 32.9 Å². The highest BCUT2D eigenvalue weighted by Crippen LogP contribution is 2.20. The average Bonchev–Trinajstić information content (AvgIpc) is 2.44. The predicted octanol–water partition coefficient (Wildman–Crippen LogP) is 2.08. The summed E-state index contributed by atoms with van der Waals surface area (Å²) in [6.07, 6.45) is 0.310. The van der Waals surface area contributed by atoms with E-state index in [0.29, 0.717) is 12.1 Å². The minimum absolute atomic E-state index is 0.0202. The Labute approximate surface area is 125 Å². The van der Waals surface area contributed by atoms with E-state index >= 15 is 0 Å². The molecule has 5 nitrogen and oxygen atoms in total. The van der Waals surface area contributed by atoms with Crippen molar-refractivity contribution in [3.05, 3.63) is 29.8 Å². The van der Waals surface area contributed by atoms with Crippen molar-refractivity contribution in [1.29, 1.82) is 0 Å². The molecule has 116 valence electrons. The molecular weight excluding hydrogens is 268 g/mol. The highest BCUT2D eigenvalue weighted by molar-refractivity contribution is 5.85. The second-order valence-electron chi connectivity index (χ2n) is 5.58. The van der Waals surface area contributed by atoms with Crippen molar-refractivity contribution in [3.63, 3.8) is 0 Å². The lowest BCUT2D eigenvalue weighted by atomic mass is 9.96. The van der Waals surface area contributed by atoms with Gasteiger partial charge < -0.3 is 15.8 Å². The fourth-order valence-electron chi connectivity index (χ4n) is 2.08. The summed E-state index contributed by atoms with van der Waals surface area (Å²) in [4.78, 5) is 23.7. The Balaban J connectivity index is 2.63. The van der Waals surface area contributed by atoms with Crippen molar-refractivity contribution in [2.45, 2.75) is 39.2 Å². The molecule has 1 aromatic carbocycles. The standard InChI is InChI=1S/C16H24N2O3/c1-10(2)15(16(20)21-4)18-14(19)9-11(3)12-5-7-13(17)8-6-12/h5-8,10-11,15H,9,17H2,1-4H3,(H,18,19). The number of nitrogen functional groups attached to an aromatic ring is 1. The van der Waals surface area contributed by atoms with E-state index in [0.717, 1.165) is 5.56 Å². The molecule has 0 aliphatic carbocycles. The number of hydrogen-bond acceptors (Lipinski definition) is 4. The largest absolute Gasteiger partial charge is 0.467 e. The fraction of sp³-hybridized carbons (Fsp3) is 0.500. The molecule has 2 unspecified atom stereocenters. The molecule has 5 heteroatoms. The van der Waals surface area contributed by atoms with Gasteiger partial charge in [0.25, 0.3) is 0 Å². The van der Waals surface area contributed by atoms with Crippen LogP contribution in [0, 0.1) is 5.92 Å². The van der Waals surface area contributed by atoms with Gasteiger partial charge >= 0.3 is 5.97 Å². The zero-order chi connectivity index (χ0) is 16.0. The van der Waals surface area contributed by atoms with Gasteiger partial charge in [0, 0.05) is 12.1 Å². The van der Waals surface area contributed by atoms with Crippen molar-refractivity contribution in [2.75, 3.05) is 12.8 Å². The summed E-state index contributed by atoms with van der Waals surface area (Å²) >= 11 is 0. The lowest BCUT2D eigenvalue weighted by Crippen LogP contribution is -2.45. The molecule has 0 saturated carbocycles. The number of carbonyl (C=O) groups is 2. The number of nitrogens with two attached hydrogens (primary N) is 1.